The van der Waals surface area contributed by atoms with Crippen LogP contribution < -0.4 is 0 Å². The minimum Gasteiger partial charge on any atom is -0.324 e. The fourth-order valence-corrected chi connectivity index (χ4v) is 3.22. The van der Waals surface area contributed by atoms with Crippen LogP contribution in [0.15, 0.2) is 29.6 Å². The lowest BCUT2D eigenvalue weighted by Gasteiger charge is -2.16. The quantitative estimate of drug-likeness (QED) is 0.860. The van der Waals surface area contributed by atoms with Gasteiger partial charge in [-0.1, -0.05) is 17.7 Å². The maximum Gasteiger partial charge on any atom is 0.263 e. The Kier molecular flexibility index (Phi) is 4.31. The largest absolute Gasteiger partial charge is 0.324 e. The van der Waals surface area contributed by atoms with Crippen molar-refractivity contribution in [1.29, 1.82) is 0 Å². The summed E-state index contributed by atoms with van der Waals surface area (Å²) in [6.07, 6.45) is 1.27. The molecule has 2 aromatic rings. The van der Waals surface area contributed by atoms with E-state index in [9.17, 15) is 17.2 Å². The smallest absolute Gasteiger partial charge is 0.263 e. The number of rotatable bonds is 4. The Morgan fingerprint density at radius 1 is 1.38 bits per heavy atom. The summed E-state index contributed by atoms with van der Waals surface area (Å²) in [7, 11) is -1.15. The van der Waals surface area contributed by atoms with Gasteiger partial charge >= 0.3 is 0 Å². The van der Waals surface area contributed by atoms with E-state index in [1.165, 1.54) is 24.0 Å². The van der Waals surface area contributed by atoms with Gasteiger partial charge in [0.05, 0.1) is 6.33 Å². The predicted octanol–water partition coefficient (Wildman–Crippen LogP) is 2.17. The first-order valence-corrected chi connectivity index (χ1v) is 7.62. The minimum atomic E-state index is -3.96. The van der Waals surface area contributed by atoms with Crippen molar-refractivity contribution in [2.75, 3.05) is 7.05 Å². The number of imidazole rings is 1. The fourth-order valence-electron chi connectivity index (χ4n) is 1.69. The van der Waals surface area contributed by atoms with E-state index in [0.717, 1.165) is 10.4 Å². The van der Waals surface area contributed by atoms with Crippen molar-refractivity contribution in [2.24, 2.45) is 7.05 Å². The zero-order chi connectivity index (χ0) is 15.8. The molecule has 0 fully saturated rings. The number of aryl methyl sites for hydroxylation is 1. The van der Waals surface area contributed by atoms with Gasteiger partial charge in [-0.15, -0.1) is 0 Å². The summed E-state index contributed by atoms with van der Waals surface area (Å²) in [5, 5.41) is -0.349. The SMILES string of the molecule is CN(Cc1ccc(F)cc1F)S(=O)(=O)c1ncn(C)c1Cl. The third-order valence-electron chi connectivity index (χ3n) is 2.90. The third kappa shape index (κ3) is 3.07. The second-order valence-corrected chi connectivity index (χ2v) is 6.77. The highest BCUT2D eigenvalue weighted by Gasteiger charge is 2.27. The monoisotopic (exact) mass is 335 g/mol. The number of nitrogens with zero attached hydrogens (tertiary/aromatic N) is 3. The molecule has 1 aromatic carbocycles. The molecule has 0 N–H and O–H groups in total. The average Bonchev–Trinajstić information content (AvgIpc) is 2.73. The number of aromatic nitrogens is 2. The third-order valence-corrected chi connectivity index (χ3v) is 5.19. The van der Waals surface area contributed by atoms with Gasteiger partial charge in [0.25, 0.3) is 10.0 Å². The highest BCUT2D eigenvalue weighted by atomic mass is 35.5. The van der Waals surface area contributed by atoms with Crippen molar-refractivity contribution < 1.29 is 17.2 Å². The van der Waals surface area contributed by atoms with Crippen LogP contribution in [-0.2, 0) is 23.6 Å². The average molecular weight is 336 g/mol. The van der Waals surface area contributed by atoms with E-state index in [1.807, 2.05) is 0 Å². The molecule has 1 heterocycles. The summed E-state index contributed by atoms with van der Waals surface area (Å²) in [5.41, 5.74) is 0.0505. The normalized spacial score (nSPS) is 12.1. The number of sulfonamides is 1. The van der Waals surface area contributed by atoms with Gasteiger partial charge in [-0.3, -0.25) is 0 Å². The van der Waals surface area contributed by atoms with E-state index in [-0.39, 0.29) is 22.3 Å². The van der Waals surface area contributed by atoms with Crippen molar-refractivity contribution in [2.45, 2.75) is 11.6 Å². The fraction of sp³-hybridized carbons (Fsp3) is 0.250. The lowest BCUT2D eigenvalue weighted by Crippen LogP contribution is -2.27. The number of hydrogen-bond donors (Lipinski definition) is 0. The van der Waals surface area contributed by atoms with Gasteiger partial charge in [-0.05, 0) is 6.07 Å². The maximum atomic E-state index is 13.6. The summed E-state index contributed by atoms with van der Waals surface area (Å²) in [4.78, 5) is 3.73. The van der Waals surface area contributed by atoms with Crippen molar-refractivity contribution in [3.8, 4) is 0 Å². The molecule has 0 bridgehead atoms. The van der Waals surface area contributed by atoms with Crippen LogP contribution in [0.3, 0.4) is 0 Å². The second kappa shape index (κ2) is 5.70. The highest BCUT2D eigenvalue weighted by Crippen LogP contribution is 2.23. The minimum absolute atomic E-state index is 0.0403. The van der Waals surface area contributed by atoms with Crippen LogP contribution in [0.2, 0.25) is 5.15 Å². The standard InChI is InChI=1S/C12H12ClF2N3O2S/c1-17-7-16-12(11(17)13)21(19,20)18(2)6-8-3-4-9(14)5-10(8)15/h3-5,7H,6H2,1-2H3. The zero-order valence-corrected chi connectivity index (χ0v) is 12.8. The number of halogens is 3. The summed E-state index contributed by atoms with van der Waals surface area (Å²) in [6, 6.07) is 2.95. The van der Waals surface area contributed by atoms with E-state index in [1.54, 1.807) is 7.05 Å². The number of hydrogen-bond acceptors (Lipinski definition) is 3. The van der Waals surface area contributed by atoms with E-state index in [2.05, 4.69) is 4.98 Å². The Morgan fingerprint density at radius 3 is 2.57 bits per heavy atom. The molecule has 0 saturated heterocycles. The summed E-state index contributed by atoms with van der Waals surface area (Å²) >= 11 is 5.86. The molecule has 0 radical (unpaired) electrons. The van der Waals surface area contributed by atoms with Gasteiger partial charge in [-0.2, -0.15) is 4.31 Å². The molecule has 21 heavy (non-hydrogen) atoms. The molecule has 0 atom stereocenters. The van der Waals surface area contributed by atoms with Gasteiger partial charge in [0, 0.05) is 32.3 Å². The molecule has 0 unspecified atom stereocenters. The Balaban J connectivity index is 2.31. The predicted molar refractivity (Wildman–Crippen MR) is 73.2 cm³/mol. The molecule has 1 aromatic heterocycles. The molecule has 5 nitrogen and oxygen atoms in total. The first-order valence-electron chi connectivity index (χ1n) is 5.80. The van der Waals surface area contributed by atoms with Crippen molar-refractivity contribution in [3.63, 3.8) is 0 Å². The van der Waals surface area contributed by atoms with Crippen LogP contribution in [-0.4, -0.2) is 29.3 Å². The van der Waals surface area contributed by atoms with Crippen LogP contribution in [0.5, 0.6) is 0 Å². The molecule has 0 saturated carbocycles. The lowest BCUT2D eigenvalue weighted by molar-refractivity contribution is 0.452. The number of benzene rings is 1. The lowest BCUT2D eigenvalue weighted by atomic mass is 10.2. The van der Waals surface area contributed by atoms with Crippen molar-refractivity contribution in [1.82, 2.24) is 13.9 Å². The molecule has 0 aliphatic rings. The van der Waals surface area contributed by atoms with Crippen LogP contribution in [0.1, 0.15) is 5.56 Å². The van der Waals surface area contributed by atoms with Crippen LogP contribution in [0.25, 0.3) is 0 Å². The zero-order valence-electron chi connectivity index (χ0n) is 11.2. The molecular formula is C12H12ClF2N3O2S. The maximum absolute atomic E-state index is 13.6. The van der Waals surface area contributed by atoms with E-state index < -0.39 is 21.7 Å². The van der Waals surface area contributed by atoms with Crippen LogP contribution in [0.4, 0.5) is 8.78 Å². The van der Waals surface area contributed by atoms with E-state index in [4.69, 9.17) is 11.6 Å². The van der Waals surface area contributed by atoms with Crippen LogP contribution in [0, 0.1) is 11.6 Å². The first-order chi connectivity index (χ1) is 9.73. The Bertz CT molecular complexity index is 777. The van der Waals surface area contributed by atoms with Crippen LogP contribution >= 0.6 is 11.6 Å². The summed E-state index contributed by atoms with van der Waals surface area (Å²) in [5.74, 6) is -1.54. The first kappa shape index (κ1) is 15.9. The highest BCUT2D eigenvalue weighted by molar-refractivity contribution is 7.89. The second-order valence-electron chi connectivity index (χ2n) is 4.45. The Labute approximate surface area is 125 Å². The molecule has 0 aliphatic carbocycles. The van der Waals surface area contributed by atoms with Crippen molar-refractivity contribution in [3.05, 3.63) is 46.9 Å². The van der Waals surface area contributed by atoms with Gasteiger partial charge in [-0.25, -0.2) is 22.2 Å². The van der Waals surface area contributed by atoms with E-state index >= 15 is 0 Å². The molecule has 0 spiro atoms. The Hall–Kier alpha value is -1.51. The van der Waals surface area contributed by atoms with E-state index in [0.29, 0.717) is 6.07 Å². The molecule has 0 aliphatic heterocycles. The molecular weight excluding hydrogens is 324 g/mol. The van der Waals surface area contributed by atoms with Crippen molar-refractivity contribution >= 4 is 21.6 Å². The molecule has 9 heteroatoms. The summed E-state index contributed by atoms with van der Waals surface area (Å²) < 4.78 is 53.3. The topological polar surface area (TPSA) is 55.2 Å². The van der Waals surface area contributed by atoms with Gasteiger partial charge in [0.2, 0.25) is 5.03 Å². The molecule has 114 valence electrons. The Morgan fingerprint density at radius 2 is 2.05 bits per heavy atom. The van der Waals surface area contributed by atoms with Gasteiger partial charge < -0.3 is 4.57 Å². The molecule has 2 rings (SSSR count). The van der Waals surface area contributed by atoms with Gasteiger partial charge in [0.15, 0.2) is 0 Å². The van der Waals surface area contributed by atoms with Gasteiger partial charge in [0.1, 0.15) is 16.8 Å². The summed E-state index contributed by atoms with van der Waals surface area (Å²) in [6.45, 7) is -0.263. The molecule has 0 amide bonds.